The van der Waals surface area contributed by atoms with Crippen LogP contribution in [-0.4, -0.2) is 41.2 Å². The fraction of sp³-hybridized carbons (Fsp3) is 0.500. The van der Waals surface area contributed by atoms with E-state index in [4.69, 9.17) is 14.8 Å². The monoisotopic (exact) mass is 214 g/mol. The van der Waals surface area contributed by atoms with Crippen LogP contribution in [0.2, 0.25) is 0 Å². The van der Waals surface area contributed by atoms with Crippen molar-refractivity contribution in [2.75, 3.05) is 0 Å². The number of carboxylic acid groups (broad SMARTS) is 2. The maximum Gasteiger partial charge on any atom is 0.398 e. The van der Waals surface area contributed by atoms with Gasteiger partial charge in [0.2, 0.25) is 0 Å². The van der Waals surface area contributed by atoms with Gasteiger partial charge in [-0.1, -0.05) is 0 Å². The van der Waals surface area contributed by atoms with E-state index in [-0.39, 0.29) is 0 Å². The van der Waals surface area contributed by atoms with Crippen LogP contribution in [0.25, 0.3) is 0 Å². The quantitative estimate of drug-likeness (QED) is 0.481. The molecular formula is C4H6O8S. The molecule has 0 aromatic carbocycles. The Morgan fingerprint density at radius 1 is 1.31 bits per heavy atom. The van der Waals surface area contributed by atoms with Gasteiger partial charge in [0.15, 0.2) is 6.10 Å². The Hall–Kier alpha value is -1.19. The van der Waals surface area contributed by atoms with Gasteiger partial charge in [-0.15, -0.1) is 0 Å². The van der Waals surface area contributed by atoms with E-state index in [0.29, 0.717) is 0 Å². The van der Waals surface area contributed by atoms with Gasteiger partial charge < -0.3 is 10.2 Å². The van der Waals surface area contributed by atoms with E-state index >= 15 is 0 Å². The molecule has 3 N–H and O–H groups in total. The molecule has 0 radical (unpaired) electrons. The van der Waals surface area contributed by atoms with Crippen LogP contribution in [0, 0.1) is 0 Å². The Morgan fingerprint density at radius 3 is 2.00 bits per heavy atom. The van der Waals surface area contributed by atoms with Crippen LogP contribution in [0.1, 0.15) is 6.42 Å². The average Bonchev–Trinajstić information content (AvgIpc) is 1.81. The second-order valence-corrected chi connectivity index (χ2v) is 3.00. The third-order valence-electron chi connectivity index (χ3n) is 0.873. The zero-order chi connectivity index (χ0) is 10.6. The zero-order valence-corrected chi connectivity index (χ0v) is 6.89. The minimum Gasteiger partial charge on any atom is -0.481 e. The van der Waals surface area contributed by atoms with Gasteiger partial charge in [-0.3, -0.25) is 9.35 Å². The molecule has 0 bridgehead atoms. The first-order valence-electron chi connectivity index (χ1n) is 2.82. The van der Waals surface area contributed by atoms with Gasteiger partial charge in [0.05, 0.1) is 6.42 Å². The van der Waals surface area contributed by atoms with Crippen molar-refractivity contribution in [3.8, 4) is 0 Å². The molecule has 0 aliphatic heterocycles. The van der Waals surface area contributed by atoms with E-state index < -0.39 is 34.9 Å². The van der Waals surface area contributed by atoms with Gasteiger partial charge in [-0.05, 0) is 0 Å². The molecule has 0 saturated carbocycles. The Kier molecular flexibility index (Phi) is 3.78. The highest BCUT2D eigenvalue weighted by Gasteiger charge is 2.26. The first-order valence-corrected chi connectivity index (χ1v) is 4.19. The van der Waals surface area contributed by atoms with Crippen molar-refractivity contribution >= 4 is 22.3 Å². The van der Waals surface area contributed by atoms with Crippen molar-refractivity contribution in [1.29, 1.82) is 0 Å². The minimum absolute atomic E-state index is 1.06. The molecule has 0 unspecified atom stereocenters. The van der Waals surface area contributed by atoms with Crippen LogP contribution in [-0.2, 0) is 24.2 Å². The average molecular weight is 214 g/mol. The molecule has 1 atom stereocenters. The lowest BCUT2D eigenvalue weighted by molar-refractivity contribution is -0.151. The molecule has 8 nitrogen and oxygen atoms in total. The summed E-state index contributed by atoms with van der Waals surface area (Å²) in [5.41, 5.74) is 0. The van der Waals surface area contributed by atoms with Gasteiger partial charge in [-0.2, -0.15) is 8.42 Å². The summed E-state index contributed by atoms with van der Waals surface area (Å²) in [5, 5.41) is 16.3. The Labute approximate surface area is 72.7 Å². The summed E-state index contributed by atoms with van der Waals surface area (Å²) >= 11 is 0. The van der Waals surface area contributed by atoms with Gasteiger partial charge in [0.1, 0.15) is 0 Å². The smallest absolute Gasteiger partial charge is 0.398 e. The molecule has 0 saturated heterocycles. The Bertz CT molecular complexity index is 302. The molecule has 0 aliphatic carbocycles. The van der Waals surface area contributed by atoms with Crippen molar-refractivity contribution in [2.24, 2.45) is 0 Å². The summed E-state index contributed by atoms with van der Waals surface area (Å²) in [6.07, 6.45) is -3.18. The largest absolute Gasteiger partial charge is 0.481 e. The summed E-state index contributed by atoms with van der Waals surface area (Å²) in [7, 11) is -4.96. The molecule has 0 aliphatic rings. The van der Waals surface area contributed by atoms with Crippen LogP contribution in [0.5, 0.6) is 0 Å². The lowest BCUT2D eigenvalue weighted by atomic mass is 10.3. The van der Waals surface area contributed by atoms with Crippen molar-refractivity contribution < 1.29 is 37.0 Å². The van der Waals surface area contributed by atoms with Crippen LogP contribution in [0.4, 0.5) is 0 Å². The number of hydrogen-bond acceptors (Lipinski definition) is 5. The Balaban J connectivity index is 4.45. The SMILES string of the molecule is O=C(O)C[C@H](OS(=O)(=O)O)C(=O)O. The molecule has 0 spiro atoms. The van der Waals surface area contributed by atoms with E-state index in [9.17, 15) is 18.0 Å². The summed E-state index contributed by atoms with van der Waals surface area (Å²) in [4.78, 5) is 20.1. The van der Waals surface area contributed by atoms with E-state index in [0.717, 1.165) is 0 Å². The van der Waals surface area contributed by atoms with E-state index in [2.05, 4.69) is 4.18 Å². The predicted molar refractivity (Wildman–Crippen MR) is 36.3 cm³/mol. The number of carboxylic acids is 2. The van der Waals surface area contributed by atoms with Crippen molar-refractivity contribution in [1.82, 2.24) is 0 Å². The van der Waals surface area contributed by atoms with Gasteiger partial charge >= 0.3 is 22.3 Å². The number of aliphatic carboxylic acids is 2. The van der Waals surface area contributed by atoms with E-state index in [1.165, 1.54) is 0 Å². The lowest BCUT2D eigenvalue weighted by Crippen LogP contribution is -2.29. The molecule has 0 amide bonds. The molecule has 0 fully saturated rings. The molecule has 9 heteroatoms. The lowest BCUT2D eigenvalue weighted by Gasteiger charge is -2.06. The van der Waals surface area contributed by atoms with Crippen LogP contribution in [0.3, 0.4) is 0 Å². The Morgan fingerprint density at radius 2 is 1.77 bits per heavy atom. The highest BCUT2D eigenvalue weighted by Crippen LogP contribution is 2.02. The van der Waals surface area contributed by atoms with Crippen molar-refractivity contribution in [3.63, 3.8) is 0 Å². The van der Waals surface area contributed by atoms with Crippen LogP contribution >= 0.6 is 0 Å². The third-order valence-corrected chi connectivity index (χ3v) is 1.35. The van der Waals surface area contributed by atoms with E-state index in [1.54, 1.807) is 0 Å². The zero-order valence-electron chi connectivity index (χ0n) is 6.08. The normalized spacial score (nSPS) is 13.6. The van der Waals surface area contributed by atoms with Crippen molar-refractivity contribution in [3.05, 3.63) is 0 Å². The van der Waals surface area contributed by atoms with Crippen LogP contribution in [0.15, 0.2) is 0 Å². The van der Waals surface area contributed by atoms with Gasteiger partial charge in [0.25, 0.3) is 0 Å². The standard InChI is InChI=1S/C4H6O8S/c5-3(6)1-2(4(7)8)12-13(9,10)11/h2H,1H2,(H,5,6)(H,7,8)(H,9,10,11)/t2-/m0/s1. The highest BCUT2D eigenvalue weighted by molar-refractivity contribution is 7.80. The first kappa shape index (κ1) is 11.8. The van der Waals surface area contributed by atoms with E-state index in [1.807, 2.05) is 0 Å². The molecule has 76 valence electrons. The second kappa shape index (κ2) is 4.16. The molecule has 0 rings (SSSR count). The molecule has 0 aromatic rings. The summed E-state index contributed by atoms with van der Waals surface area (Å²) in [6.45, 7) is 0. The number of carbonyl (C=O) groups is 2. The fourth-order valence-corrected chi connectivity index (χ4v) is 0.912. The first-order chi connectivity index (χ1) is 5.72. The highest BCUT2D eigenvalue weighted by atomic mass is 32.3. The predicted octanol–water partition coefficient (Wildman–Crippen LogP) is -1.27. The summed E-state index contributed by atoms with van der Waals surface area (Å²) in [5.74, 6) is -3.35. The topological polar surface area (TPSA) is 138 Å². The van der Waals surface area contributed by atoms with Crippen LogP contribution < -0.4 is 0 Å². The molecule has 0 heterocycles. The van der Waals surface area contributed by atoms with Gasteiger partial charge in [-0.25, -0.2) is 8.98 Å². The maximum absolute atomic E-state index is 10.1. The van der Waals surface area contributed by atoms with Gasteiger partial charge in [0, 0.05) is 0 Å². The van der Waals surface area contributed by atoms with Crippen molar-refractivity contribution in [2.45, 2.75) is 12.5 Å². The summed E-state index contributed by atoms with van der Waals surface area (Å²) < 4.78 is 31.6. The third kappa shape index (κ3) is 6.02. The minimum atomic E-state index is -4.96. The molecular weight excluding hydrogens is 208 g/mol. The molecule has 13 heavy (non-hydrogen) atoms. The number of rotatable bonds is 5. The maximum atomic E-state index is 10.1. The second-order valence-electron chi connectivity index (χ2n) is 1.95. The number of hydrogen-bond donors (Lipinski definition) is 3. The fourth-order valence-electron chi connectivity index (χ4n) is 0.468. The summed E-state index contributed by atoms with van der Waals surface area (Å²) in [6, 6.07) is 0. The molecule has 0 aromatic heterocycles.